The number of fused-ring (bicyclic) bond motifs is 1. The second-order valence-electron chi connectivity index (χ2n) is 7.23. The van der Waals surface area contributed by atoms with Crippen LogP contribution in [-0.4, -0.2) is 35.9 Å². The Morgan fingerprint density at radius 3 is 2.65 bits per heavy atom. The largest absolute Gasteiger partial charge is 0.493 e. The van der Waals surface area contributed by atoms with E-state index in [2.05, 4.69) is 10.3 Å². The zero-order chi connectivity index (χ0) is 21.8. The first-order valence-electron chi connectivity index (χ1n) is 9.90. The second-order valence-corrected chi connectivity index (χ2v) is 7.23. The van der Waals surface area contributed by atoms with Gasteiger partial charge in [-0.15, -0.1) is 0 Å². The van der Waals surface area contributed by atoms with Crippen molar-refractivity contribution >= 4 is 11.8 Å². The lowest BCUT2D eigenvalue weighted by Crippen LogP contribution is -2.27. The number of nitrogens with zero attached hydrogens (tertiary/aromatic N) is 2. The highest BCUT2D eigenvalue weighted by Gasteiger charge is 2.31. The number of amides is 2. The molecule has 0 bridgehead atoms. The SMILES string of the molecule is COc1ccc(CN2Cc3cccc(C(=O)NCc4cccnc4)c3C2=O)cc1OC. The Hall–Kier alpha value is -3.87. The Morgan fingerprint density at radius 1 is 1.06 bits per heavy atom. The topological polar surface area (TPSA) is 80.8 Å². The van der Waals surface area contributed by atoms with Crippen LogP contribution in [0.5, 0.6) is 11.5 Å². The van der Waals surface area contributed by atoms with Crippen LogP contribution < -0.4 is 14.8 Å². The fourth-order valence-corrected chi connectivity index (χ4v) is 3.72. The fraction of sp³-hybridized carbons (Fsp3) is 0.208. The van der Waals surface area contributed by atoms with Crippen molar-refractivity contribution in [2.45, 2.75) is 19.6 Å². The van der Waals surface area contributed by atoms with Gasteiger partial charge >= 0.3 is 0 Å². The summed E-state index contributed by atoms with van der Waals surface area (Å²) in [5, 5.41) is 2.88. The summed E-state index contributed by atoms with van der Waals surface area (Å²) in [6, 6.07) is 14.7. The summed E-state index contributed by atoms with van der Waals surface area (Å²) in [4.78, 5) is 31.7. The van der Waals surface area contributed by atoms with E-state index < -0.39 is 0 Å². The smallest absolute Gasteiger partial charge is 0.255 e. The van der Waals surface area contributed by atoms with Crippen LogP contribution >= 0.6 is 0 Å². The van der Waals surface area contributed by atoms with Gasteiger partial charge in [0.2, 0.25) is 0 Å². The van der Waals surface area contributed by atoms with Gasteiger partial charge in [0.25, 0.3) is 11.8 Å². The molecule has 7 nitrogen and oxygen atoms in total. The van der Waals surface area contributed by atoms with E-state index in [4.69, 9.17) is 9.47 Å². The molecule has 2 heterocycles. The van der Waals surface area contributed by atoms with Crippen LogP contribution in [0.15, 0.2) is 60.9 Å². The van der Waals surface area contributed by atoms with E-state index in [1.807, 2.05) is 42.5 Å². The lowest BCUT2D eigenvalue weighted by molar-refractivity contribution is 0.0761. The van der Waals surface area contributed by atoms with Crippen molar-refractivity contribution in [3.05, 3.63) is 88.7 Å². The molecular weight excluding hydrogens is 394 g/mol. The molecule has 31 heavy (non-hydrogen) atoms. The number of rotatable bonds is 7. The summed E-state index contributed by atoms with van der Waals surface area (Å²) in [7, 11) is 3.16. The van der Waals surface area contributed by atoms with Gasteiger partial charge in [-0.25, -0.2) is 0 Å². The molecule has 3 aromatic rings. The number of ether oxygens (including phenoxy) is 2. The van der Waals surface area contributed by atoms with Crippen LogP contribution in [0.2, 0.25) is 0 Å². The van der Waals surface area contributed by atoms with Crippen molar-refractivity contribution in [3.63, 3.8) is 0 Å². The maximum Gasteiger partial charge on any atom is 0.255 e. The molecule has 0 spiro atoms. The lowest BCUT2D eigenvalue weighted by atomic mass is 10.0. The summed E-state index contributed by atoms with van der Waals surface area (Å²) in [6.07, 6.45) is 3.38. The van der Waals surface area contributed by atoms with E-state index in [0.29, 0.717) is 42.3 Å². The maximum atomic E-state index is 13.2. The average molecular weight is 417 g/mol. The first-order valence-corrected chi connectivity index (χ1v) is 9.90. The van der Waals surface area contributed by atoms with Gasteiger partial charge in [0.05, 0.1) is 25.3 Å². The molecule has 1 aliphatic rings. The monoisotopic (exact) mass is 417 g/mol. The van der Waals surface area contributed by atoms with Crippen molar-refractivity contribution in [2.75, 3.05) is 14.2 Å². The van der Waals surface area contributed by atoms with Crippen LogP contribution in [0, 0.1) is 0 Å². The van der Waals surface area contributed by atoms with Gasteiger partial charge < -0.3 is 19.7 Å². The molecule has 4 rings (SSSR count). The number of carbonyl (C=O) groups is 2. The zero-order valence-electron chi connectivity index (χ0n) is 17.4. The van der Waals surface area contributed by atoms with Gasteiger partial charge in [-0.05, 0) is 41.0 Å². The number of pyridine rings is 1. The summed E-state index contributed by atoms with van der Waals surface area (Å²) in [6.45, 7) is 1.21. The van der Waals surface area contributed by atoms with Crippen molar-refractivity contribution in [1.29, 1.82) is 0 Å². The third-order valence-corrected chi connectivity index (χ3v) is 5.25. The van der Waals surface area contributed by atoms with Gasteiger partial charge in [0.1, 0.15) is 0 Å². The molecule has 0 saturated carbocycles. The van der Waals surface area contributed by atoms with Gasteiger partial charge in [0, 0.05) is 32.0 Å². The molecule has 0 aliphatic carbocycles. The van der Waals surface area contributed by atoms with E-state index in [1.54, 1.807) is 37.6 Å². The van der Waals surface area contributed by atoms with Crippen molar-refractivity contribution in [3.8, 4) is 11.5 Å². The summed E-state index contributed by atoms with van der Waals surface area (Å²) in [5.41, 5.74) is 3.51. The first-order chi connectivity index (χ1) is 15.1. The van der Waals surface area contributed by atoms with E-state index in [9.17, 15) is 9.59 Å². The highest BCUT2D eigenvalue weighted by Crippen LogP contribution is 2.31. The molecule has 2 aromatic carbocycles. The van der Waals surface area contributed by atoms with Crippen LogP contribution in [0.1, 0.15) is 37.4 Å². The predicted molar refractivity (Wildman–Crippen MR) is 115 cm³/mol. The minimum Gasteiger partial charge on any atom is -0.493 e. The average Bonchev–Trinajstić information content (AvgIpc) is 3.13. The highest BCUT2D eigenvalue weighted by molar-refractivity contribution is 6.09. The predicted octanol–water partition coefficient (Wildman–Crippen LogP) is 3.18. The number of benzene rings is 2. The molecule has 7 heteroatoms. The molecular formula is C24H23N3O4. The third kappa shape index (κ3) is 4.21. The van der Waals surface area contributed by atoms with Gasteiger partial charge in [0.15, 0.2) is 11.5 Å². The summed E-state index contributed by atoms with van der Waals surface area (Å²) in [5.74, 6) is 0.813. The Bertz CT molecular complexity index is 1120. The van der Waals surface area contributed by atoms with Crippen molar-refractivity contribution in [1.82, 2.24) is 15.2 Å². The minimum absolute atomic E-state index is 0.156. The number of carbonyl (C=O) groups excluding carboxylic acids is 2. The van der Waals surface area contributed by atoms with Crippen molar-refractivity contribution in [2.24, 2.45) is 0 Å². The van der Waals surface area contributed by atoms with Crippen LogP contribution in [0.3, 0.4) is 0 Å². The Labute approximate surface area is 180 Å². The first kappa shape index (κ1) is 20.4. The molecule has 0 radical (unpaired) electrons. The molecule has 0 saturated heterocycles. The van der Waals surface area contributed by atoms with Gasteiger partial charge in [-0.3, -0.25) is 14.6 Å². The van der Waals surface area contributed by atoms with Crippen LogP contribution in [0.4, 0.5) is 0 Å². The fourth-order valence-electron chi connectivity index (χ4n) is 3.72. The molecule has 1 N–H and O–H groups in total. The number of hydrogen-bond donors (Lipinski definition) is 1. The third-order valence-electron chi connectivity index (χ3n) is 5.25. The van der Waals surface area contributed by atoms with E-state index in [0.717, 1.165) is 16.7 Å². The summed E-state index contributed by atoms with van der Waals surface area (Å²) < 4.78 is 10.6. The second kappa shape index (κ2) is 8.87. The molecule has 158 valence electrons. The molecule has 1 aliphatic heterocycles. The highest BCUT2D eigenvalue weighted by atomic mass is 16.5. The lowest BCUT2D eigenvalue weighted by Gasteiger charge is -2.17. The van der Waals surface area contributed by atoms with E-state index in [1.165, 1.54) is 0 Å². The molecule has 0 atom stereocenters. The van der Waals surface area contributed by atoms with Crippen LogP contribution in [-0.2, 0) is 19.6 Å². The normalized spacial score (nSPS) is 12.5. The quantitative estimate of drug-likeness (QED) is 0.639. The standard InChI is InChI=1S/C24H23N3O4/c1-30-20-9-8-16(11-21(20)31-2)14-27-15-18-6-3-7-19(22(18)24(27)29)23(28)26-13-17-5-4-10-25-12-17/h3-12H,13-15H2,1-2H3,(H,26,28). The Balaban J connectivity index is 1.51. The number of aromatic nitrogens is 1. The number of methoxy groups -OCH3 is 2. The van der Waals surface area contributed by atoms with Crippen LogP contribution in [0.25, 0.3) is 0 Å². The van der Waals surface area contributed by atoms with E-state index in [-0.39, 0.29) is 11.8 Å². The van der Waals surface area contributed by atoms with Crippen molar-refractivity contribution < 1.29 is 19.1 Å². The number of nitrogens with one attached hydrogen (secondary N) is 1. The zero-order valence-corrected chi connectivity index (χ0v) is 17.4. The Kier molecular flexibility index (Phi) is 5.84. The molecule has 2 amide bonds. The Morgan fingerprint density at radius 2 is 1.90 bits per heavy atom. The summed E-state index contributed by atoms with van der Waals surface area (Å²) >= 11 is 0. The van der Waals surface area contributed by atoms with Gasteiger partial charge in [-0.1, -0.05) is 24.3 Å². The van der Waals surface area contributed by atoms with E-state index >= 15 is 0 Å². The van der Waals surface area contributed by atoms with Gasteiger partial charge in [-0.2, -0.15) is 0 Å². The number of hydrogen-bond acceptors (Lipinski definition) is 5. The minimum atomic E-state index is -0.276. The maximum absolute atomic E-state index is 13.2. The molecule has 0 fully saturated rings. The molecule has 0 unspecified atom stereocenters. The molecule has 1 aromatic heterocycles.